The number of ether oxygens (including phenoxy) is 3. The van der Waals surface area contributed by atoms with E-state index in [1.54, 1.807) is 36.2 Å². The van der Waals surface area contributed by atoms with Crippen molar-refractivity contribution in [3.8, 4) is 17.2 Å². The van der Waals surface area contributed by atoms with Crippen molar-refractivity contribution in [2.45, 2.75) is 26.3 Å². The number of hydrogen-bond acceptors (Lipinski definition) is 5. The molecule has 0 saturated heterocycles. The first-order valence-electron chi connectivity index (χ1n) is 8.62. The molecule has 1 amide bonds. The third-order valence-corrected chi connectivity index (χ3v) is 4.21. The van der Waals surface area contributed by atoms with Crippen LogP contribution < -0.4 is 19.5 Å². The zero-order valence-electron chi connectivity index (χ0n) is 15.2. The number of carbonyl (C=O) groups is 1. The van der Waals surface area contributed by atoms with Crippen LogP contribution in [0, 0.1) is 0 Å². The van der Waals surface area contributed by atoms with Crippen LogP contribution in [0.3, 0.4) is 0 Å². The summed E-state index contributed by atoms with van der Waals surface area (Å²) in [4.78, 5) is 12.3. The van der Waals surface area contributed by atoms with E-state index in [4.69, 9.17) is 14.2 Å². The first kappa shape index (κ1) is 17.8. The Morgan fingerprint density at radius 1 is 1.42 bits per heavy atom. The highest BCUT2D eigenvalue weighted by Crippen LogP contribution is 2.40. The van der Waals surface area contributed by atoms with Gasteiger partial charge in [-0.3, -0.25) is 4.79 Å². The fourth-order valence-electron chi connectivity index (χ4n) is 2.67. The molecule has 1 aromatic heterocycles. The molecular weight excluding hydrogens is 334 g/mol. The predicted octanol–water partition coefficient (Wildman–Crippen LogP) is 3.29. The van der Waals surface area contributed by atoms with Crippen molar-refractivity contribution in [1.29, 1.82) is 0 Å². The molecule has 138 valence electrons. The van der Waals surface area contributed by atoms with Gasteiger partial charge in [0.15, 0.2) is 11.5 Å². The number of carbonyl (C=O) groups excluding carboxylic acids is 1. The molecule has 0 spiro atoms. The average molecular weight is 357 g/mol. The highest BCUT2D eigenvalue weighted by atomic mass is 16.6. The number of nitrogens with one attached hydrogen (secondary N) is 1. The van der Waals surface area contributed by atoms with Crippen LogP contribution in [0.1, 0.15) is 31.9 Å². The van der Waals surface area contributed by atoms with E-state index in [1.165, 1.54) is 6.08 Å². The minimum atomic E-state index is -0.232. The van der Waals surface area contributed by atoms with Gasteiger partial charge in [-0.25, -0.2) is 4.68 Å². The maximum atomic E-state index is 12.3. The summed E-state index contributed by atoms with van der Waals surface area (Å²) in [6.45, 7) is 5.11. The lowest BCUT2D eigenvalue weighted by Gasteiger charge is -2.20. The van der Waals surface area contributed by atoms with Crippen molar-refractivity contribution in [2.24, 2.45) is 0 Å². The Balaban J connectivity index is 1.74. The van der Waals surface area contributed by atoms with Gasteiger partial charge in [0, 0.05) is 12.1 Å². The molecule has 7 heteroatoms. The van der Waals surface area contributed by atoms with Crippen LogP contribution in [0.4, 0.5) is 5.82 Å². The van der Waals surface area contributed by atoms with E-state index in [1.807, 2.05) is 6.07 Å². The summed E-state index contributed by atoms with van der Waals surface area (Å²) >= 11 is 0. The molecule has 1 aromatic carbocycles. The number of aromatic nitrogens is 2. The van der Waals surface area contributed by atoms with Crippen LogP contribution in [0.5, 0.6) is 17.2 Å². The fourth-order valence-corrected chi connectivity index (χ4v) is 2.67. The van der Waals surface area contributed by atoms with Crippen molar-refractivity contribution >= 4 is 17.8 Å². The molecular formula is C19H23N3O4. The van der Waals surface area contributed by atoms with E-state index in [-0.39, 0.29) is 11.9 Å². The maximum absolute atomic E-state index is 12.3. The van der Waals surface area contributed by atoms with Crippen molar-refractivity contribution in [2.75, 3.05) is 25.6 Å². The Kier molecular flexibility index (Phi) is 5.46. The molecule has 0 saturated carbocycles. The van der Waals surface area contributed by atoms with E-state index in [9.17, 15) is 4.79 Å². The van der Waals surface area contributed by atoms with Gasteiger partial charge < -0.3 is 19.5 Å². The number of nitrogens with zero attached hydrogens (tertiary/aromatic N) is 2. The van der Waals surface area contributed by atoms with Crippen LogP contribution in [0.15, 0.2) is 30.5 Å². The predicted molar refractivity (Wildman–Crippen MR) is 98.9 cm³/mol. The van der Waals surface area contributed by atoms with Crippen LogP contribution in [-0.4, -0.2) is 36.0 Å². The average Bonchev–Trinajstić information content (AvgIpc) is 3.13. The summed E-state index contributed by atoms with van der Waals surface area (Å²) in [5.74, 6) is 2.23. The number of anilines is 1. The van der Waals surface area contributed by atoms with Crippen molar-refractivity contribution in [1.82, 2.24) is 9.78 Å². The molecule has 2 heterocycles. The minimum Gasteiger partial charge on any atom is -0.493 e. The molecule has 0 bridgehead atoms. The zero-order chi connectivity index (χ0) is 18.5. The van der Waals surface area contributed by atoms with Crippen LogP contribution in [0.2, 0.25) is 0 Å². The van der Waals surface area contributed by atoms with Gasteiger partial charge in [0.1, 0.15) is 19.0 Å². The molecule has 0 aliphatic carbocycles. The Morgan fingerprint density at radius 2 is 2.23 bits per heavy atom. The number of hydrogen-bond donors (Lipinski definition) is 1. The third kappa shape index (κ3) is 3.82. The number of fused-ring (bicyclic) bond motifs is 1. The zero-order valence-corrected chi connectivity index (χ0v) is 15.2. The van der Waals surface area contributed by atoms with Crippen LogP contribution in [0.25, 0.3) is 6.08 Å². The Bertz CT molecular complexity index is 796. The van der Waals surface area contributed by atoms with Gasteiger partial charge in [0.2, 0.25) is 11.7 Å². The Hall–Kier alpha value is -2.96. The molecule has 26 heavy (non-hydrogen) atoms. The summed E-state index contributed by atoms with van der Waals surface area (Å²) < 4.78 is 18.3. The minimum absolute atomic E-state index is 0.214. The largest absolute Gasteiger partial charge is 0.493 e. The second-order valence-corrected chi connectivity index (χ2v) is 5.99. The van der Waals surface area contributed by atoms with E-state index in [0.717, 1.165) is 12.0 Å². The summed E-state index contributed by atoms with van der Waals surface area (Å²) in [7, 11) is 1.57. The number of amides is 1. The summed E-state index contributed by atoms with van der Waals surface area (Å²) in [5, 5.41) is 7.11. The molecule has 0 radical (unpaired) electrons. The fraction of sp³-hybridized carbons (Fsp3) is 0.368. The van der Waals surface area contributed by atoms with Gasteiger partial charge in [-0.15, -0.1) is 0 Å². The first-order valence-corrected chi connectivity index (χ1v) is 8.62. The van der Waals surface area contributed by atoms with Crippen molar-refractivity contribution < 1.29 is 19.0 Å². The van der Waals surface area contributed by atoms with Crippen molar-refractivity contribution in [3.05, 3.63) is 36.0 Å². The molecule has 1 aliphatic rings. The van der Waals surface area contributed by atoms with E-state index >= 15 is 0 Å². The van der Waals surface area contributed by atoms with Crippen molar-refractivity contribution in [3.63, 3.8) is 0 Å². The van der Waals surface area contributed by atoms with Gasteiger partial charge in [0.05, 0.1) is 19.3 Å². The van der Waals surface area contributed by atoms with Gasteiger partial charge >= 0.3 is 0 Å². The normalized spacial score (nSPS) is 14.3. The van der Waals surface area contributed by atoms with Gasteiger partial charge in [-0.1, -0.05) is 6.92 Å². The molecule has 1 atom stereocenters. The Morgan fingerprint density at radius 3 is 3.00 bits per heavy atom. The van der Waals surface area contributed by atoms with Crippen LogP contribution in [-0.2, 0) is 4.79 Å². The highest BCUT2D eigenvalue weighted by Gasteiger charge is 2.18. The highest BCUT2D eigenvalue weighted by molar-refractivity contribution is 6.01. The number of methoxy groups -OCH3 is 1. The molecule has 0 fully saturated rings. The van der Waals surface area contributed by atoms with Gasteiger partial charge in [0.25, 0.3) is 0 Å². The standard InChI is InChI=1S/C19H23N3O4/c1-4-13(2)22-17(7-8-20-22)21-18(23)6-5-14-11-15(24-3)19-16(12-14)25-9-10-26-19/h5-8,11-13H,4,9-10H2,1-3H3,(H,21,23)/b6-5+. The molecule has 3 rings (SSSR count). The first-order chi connectivity index (χ1) is 12.6. The number of rotatable bonds is 6. The second kappa shape index (κ2) is 7.95. The lowest BCUT2D eigenvalue weighted by Crippen LogP contribution is -2.16. The lowest BCUT2D eigenvalue weighted by atomic mass is 10.1. The quantitative estimate of drug-likeness (QED) is 0.803. The number of benzene rings is 1. The van der Waals surface area contributed by atoms with E-state index in [0.29, 0.717) is 36.3 Å². The smallest absolute Gasteiger partial charge is 0.249 e. The van der Waals surface area contributed by atoms with E-state index < -0.39 is 0 Å². The molecule has 1 unspecified atom stereocenters. The molecule has 1 N–H and O–H groups in total. The summed E-state index contributed by atoms with van der Waals surface area (Å²) in [6, 6.07) is 5.63. The van der Waals surface area contributed by atoms with Crippen LogP contribution >= 0.6 is 0 Å². The lowest BCUT2D eigenvalue weighted by molar-refractivity contribution is -0.111. The van der Waals surface area contributed by atoms with Gasteiger partial charge in [-0.05, 0) is 37.1 Å². The summed E-state index contributed by atoms with van der Waals surface area (Å²) in [6.07, 6.45) is 5.79. The maximum Gasteiger partial charge on any atom is 0.249 e. The molecule has 1 aliphatic heterocycles. The van der Waals surface area contributed by atoms with E-state index in [2.05, 4.69) is 24.3 Å². The SMILES string of the molecule is CCC(C)n1nccc1NC(=O)/C=C/c1cc(OC)c2c(c1)OCCO2. The summed E-state index contributed by atoms with van der Waals surface area (Å²) in [5.41, 5.74) is 0.789. The third-order valence-electron chi connectivity index (χ3n) is 4.21. The molecule has 7 nitrogen and oxygen atoms in total. The topological polar surface area (TPSA) is 74.6 Å². The Labute approximate surface area is 152 Å². The molecule has 2 aromatic rings. The van der Waals surface area contributed by atoms with Gasteiger partial charge in [-0.2, -0.15) is 5.10 Å². The second-order valence-electron chi connectivity index (χ2n) is 5.99. The monoisotopic (exact) mass is 357 g/mol.